The van der Waals surface area contributed by atoms with Crippen molar-refractivity contribution in [1.82, 2.24) is 14.5 Å². The zero-order chi connectivity index (χ0) is 12.3. The van der Waals surface area contributed by atoms with E-state index >= 15 is 0 Å². The van der Waals surface area contributed by atoms with E-state index in [4.69, 9.17) is 0 Å². The van der Waals surface area contributed by atoms with Crippen LogP contribution in [0.25, 0.3) is 0 Å². The van der Waals surface area contributed by atoms with Crippen LogP contribution in [0, 0.1) is 0 Å². The highest BCUT2D eigenvalue weighted by atomic mass is 32.2. The average Bonchev–Trinajstić information content (AvgIpc) is 2.30. The van der Waals surface area contributed by atoms with Crippen molar-refractivity contribution in [3.8, 4) is 0 Å². The molecule has 0 aliphatic heterocycles. The first kappa shape index (κ1) is 11.7. The first-order chi connectivity index (χ1) is 8.20. The van der Waals surface area contributed by atoms with Crippen molar-refractivity contribution in [3.05, 3.63) is 51.3 Å². The molecule has 0 bridgehead atoms. The van der Waals surface area contributed by atoms with Crippen LogP contribution >= 0.6 is 11.8 Å². The van der Waals surface area contributed by atoms with Gasteiger partial charge in [-0.3, -0.25) is 14.3 Å². The molecule has 2 aromatic rings. The van der Waals surface area contributed by atoms with E-state index in [1.165, 1.54) is 22.4 Å². The summed E-state index contributed by atoms with van der Waals surface area (Å²) < 4.78 is 1.50. The smallest absolute Gasteiger partial charge is 0.288 e. The predicted molar refractivity (Wildman–Crippen MR) is 65.4 cm³/mol. The maximum absolute atomic E-state index is 11.6. The Hall–Kier alpha value is -1.82. The van der Waals surface area contributed by atoms with Crippen molar-refractivity contribution in [2.24, 2.45) is 0 Å². The zero-order valence-corrected chi connectivity index (χ0v) is 10.0. The number of pyridine rings is 1. The van der Waals surface area contributed by atoms with E-state index in [0.29, 0.717) is 11.6 Å². The highest BCUT2D eigenvalue weighted by Crippen LogP contribution is 2.23. The molecule has 5 nitrogen and oxygen atoms in total. The highest BCUT2D eigenvalue weighted by Gasteiger charge is 2.06. The van der Waals surface area contributed by atoms with Crippen LogP contribution in [0.15, 0.2) is 50.1 Å². The van der Waals surface area contributed by atoms with Gasteiger partial charge in [-0.2, -0.15) is 0 Å². The largest absolute Gasteiger partial charge is 0.329 e. The summed E-state index contributed by atoms with van der Waals surface area (Å²) in [4.78, 5) is 29.2. The number of aromatic nitrogens is 3. The monoisotopic (exact) mass is 249 g/mol. The highest BCUT2D eigenvalue weighted by molar-refractivity contribution is 7.99. The van der Waals surface area contributed by atoms with Crippen molar-refractivity contribution in [2.45, 2.75) is 23.5 Å². The second kappa shape index (κ2) is 5.01. The van der Waals surface area contributed by atoms with Crippen LogP contribution in [0.4, 0.5) is 0 Å². The molecule has 0 radical (unpaired) electrons. The van der Waals surface area contributed by atoms with Gasteiger partial charge in [-0.1, -0.05) is 17.8 Å². The van der Waals surface area contributed by atoms with Crippen LogP contribution in [0.1, 0.15) is 6.92 Å². The van der Waals surface area contributed by atoms with E-state index in [9.17, 15) is 9.59 Å². The Morgan fingerprint density at radius 3 is 2.88 bits per heavy atom. The molecule has 88 valence electrons. The maximum Gasteiger partial charge on any atom is 0.329 e. The molecular formula is C11H11N3O2S. The van der Waals surface area contributed by atoms with Crippen LogP contribution in [-0.2, 0) is 6.54 Å². The minimum atomic E-state index is -0.391. The number of hydrogen-bond donors (Lipinski definition) is 1. The summed E-state index contributed by atoms with van der Waals surface area (Å²) in [5.41, 5.74) is -0.781. The van der Waals surface area contributed by atoms with E-state index in [0.717, 1.165) is 5.03 Å². The summed E-state index contributed by atoms with van der Waals surface area (Å²) in [5, 5.41) is 1.35. The normalized spacial score (nSPS) is 10.4. The van der Waals surface area contributed by atoms with E-state index in [-0.39, 0.29) is 0 Å². The minimum Gasteiger partial charge on any atom is -0.288 e. The van der Waals surface area contributed by atoms with Gasteiger partial charge in [0.15, 0.2) is 0 Å². The van der Waals surface area contributed by atoms with Gasteiger partial charge in [0.1, 0.15) is 5.03 Å². The Labute approximate surface area is 102 Å². The topological polar surface area (TPSA) is 67.8 Å². The summed E-state index contributed by atoms with van der Waals surface area (Å²) in [5.74, 6) is 0. The Bertz CT molecular complexity index is 619. The van der Waals surface area contributed by atoms with Crippen molar-refractivity contribution in [1.29, 1.82) is 0 Å². The van der Waals surface area contributed by atoms with Crippen LogP contribution < -0.4 is 11.2 Å². The van der Waals surface area contributed by atoms with Crippen LogP contribution in [-0.4, -0.2) is 14.5 Å². The van der Waals surface area contributed by atoms with Crippen LogP contribution in [0.3, 0.4) is 0 Å². The van der Waals surface area contributed by atoms with Gasteiger partial charge in [-0.05, 0) is 19.1 Å². The Kier molecular flexibility index (Phi) is 3.43. The molecule has 2 aromatic heterocycles. The zero-order valence-electron chi connectivity index (χ0n) is 9.21. The lowest BCUT2D eigenvalue weighted by molar-refractivity contribution is 0.628. The fourth-order valence-electron chi connectivity index (χ4n) is 1.40. The molecule has 0 aromatic carbocycles. The van der Waals surface area contributed by atoms with Crippen molar-refractivity contribution in [3.63, 3.8) is 0 Å². The second-order valence-corrected chi connectivity index (χ2v) is 4.33. The molecule has 0 unspecified atom stereocenters. The second-order valence-electron chi connectivity index (χ2n) is 3.29. The number of nitrogens with one attached hydrogen (secondary N) is 1. The van der Waals surface area contributed by atoms with Crippen molar-refractivity contribution >= 4 is 11.8 Å². The molecule has 0 saturated heterocycles. The van der Waals surface area contributed by atoms with Gasteiger partial charge >= 0.3 is 5.69 Å². The van der Waals surface area contributed by atoms with Gasteiger partial charge in [0.2, 0.25) is 0 Å². The van der Waals surface area contributed by atoms with Gasteiger partial charge in [-0.15, -0.1) is 0 Å². The molecule has 17 heavy (non-hydrogen) atoms. The van der Waals surface area contributed by atoms with Crippen molar-refractivity contribution < 1.29 is 0 Å². The summed E-state index contributed by atoms with van der Waals surface area (Å²) in [6.45, 7) is 2.35. The fraction of sp³-hybridized carbons (Fsp3) is 0.182. The Balaban J connectivity index is 2.45. The molecule has 2 rings (SSSR count). The fourth-order valence-corrected chi connectivity index (χ4v) is 2.36. The molecule has 0 amide bonds. The molecule has 0 aliphatic carbocycles. The number of nitrogens with zero attached hydrogens (tertiary/aromatic N) is 2. The van der Waals surface area contributed by atoms with Gasteiger partial charge in [0.25, 0.3) is 5.56 Å². The third-order valence-corrected chi connectivity index (χ3v) is 3.16. The van der Waals surface area contributed by atoms with Crippen LogP contribution in [0.2, 0.25) is 0 Å². The molecule has 6 heteroatoms. The van der Waals surface area contributed by atoms with Crippen LogP contribution in [0.5, 0.6) is 0 Å². The van der Waals surface area contributed by atoms with E-state index in [1.54, 1.807) is 6.20 Å². The first-order valence-electron chi connectivity index (χ1n) is 5.13. The van der Waals surface area contributed by atoms with E-state index in [1.807, 2.05) is 25.1 Å². The minimum absolute atomic E-state index is 0.390. The predicted octanol–water partition coefficient (Wildman–Crippen LogP) is 1.10. The van der Waals surface area contributed by atoms with Gasteiger partial charge < -0.3 is 0 Å². The lowest BCUT2D eigenvalue weighted by Gasteiger charge is -2.07. The Morgan fingerprint density at radius 1 is 1.41 bits per heavy atom. The SMILES string of the molecule is CCn1c(Sc2ccccn2)cc(=O)[nH]c1=O. The van der Waals surface area contributed by atoms with Gasteiger partial charge in [-0.25, -0.2) is 9.78 Å². The summed E-state index contributed by atoms with van der Waals surface area (Å²) in [6.07, 6.45) is 1.67. The number of rotatable bonds is 3. The molecule has 0 aliphatic rings. The molecule has 0 saturated carbocycles. The van der Waals surface area contributed by atoms with Gasteiger partial charge in [0, 0.05) is 18.8 Å². The standard InChI is InChI=1S/C11H11N3O2S/c1-2-14-10(7-8(15)13-11(14)16)17-9-5-3-4-6-12-9/h3-7H,2H2,1H3,(H,13,15,16). The lowest BCUT2D eigenvalue weighted by Crippen LogP contribution is -2.30. The molecule has 0 atom stereocenters. The van der Waals surface area contributed by atoms with E-state index in [2.05, 4.69) is 9.97 Å². The summed E-state index contributed by atoms with van der Waals surface area (Å²) >= 11 is 1.30. The summed E-state index contributed by atoms with van der Waals surface area (Å²) in [6, 6.07) is 6.91. The molecule has 0 fully saturated rings. The van der Waals surface area contributed by atoms with Gasteiger partial charge in [0.05, 0.1) is 5.03 Å². The molecule has 1 N–H and O–H groups in total. The molecule has 2 heterocycles. The third kappa shape index (κ3) is 2.65. The molecular weight excluding hydrogens is 238 g/mol. The first-order valence-corrected chi connectivity index (χ1v) is 5.95. The third-order valence-electron chi connectivity index (χ3n) is 2.16. The average molecular weight is 249 g/mol. The summed E-state index contributed by atoms with van der Waals surface area (Å²) in [7, 11) is 0. The Morgan fingerprint density at radius 2 is 2.24 bits per heavy atom. The quantitative estimate of drug-likeness (QED) is 0.827. The molecule has 0 spiro atoms. The van der Waals surface area contributed by atoms with Crippen molar-refractivity contribution in [2.75, 3.05) is 0 Å². The van der Waals surface area contributed by atoms with E-state index < -0.39 is 11.2 Å². The number of aromatic amines is 1. The number of H-pyrrole nitrogens is 1. The lowest BCUT2D eigenvalue weighted by atomic mass is 10.5. The number of hydrogen-bond acceptors (Lipinski definition) is 4. The maximum atomic E-state index is 11.6.